The lowest BCUT2D eigenvalue weighted by Crippen LogP contribution is -2.04. The van der Waals surface area contributed by atoms with Crippen molar-refractivity contribution < 1.29 is 19.1 Å². The molecule has 0 heterocycles. The number of amides is 2. The molecule has 0 radical (unpaired) electrons. The summed E-state index contributed by atoms with van der Waals surface area (Å²) in [5, 5.41) is 6.33. The fourth-order valence-electron chi connectivity index (χ4n) is 1.78. The molecule has 0 saturated carbocycles. The number of unbranched alkanes of at least 4 members (excludes halogenated alkanes) is 4. The molecular formula is C16H22N2O4. The molecule has 0 N–H and O–H groups in total. The molecule has 22 heavy (non-hydrogen) atoms. The van der Waals surface area contributed by atoms with E-state index in [4.69, 9.17) is 9.47 Å². The number of nitrogens with zero attached hydrogens (tertiary/aromatic N) is 2. The van der Waals surface area contributed by atoms with Crippen molar-refractivity contribution in [1.29, 1.82) is 0 Å². The summed E-state index contributed by atoms with van der Waals surface area (Å²) in [6.07, 6.45) is 3.43. The summed E-state index contributed by atoms with van der Waals surface area (Å²) in [6, 6.07) is 6.93. The van der Waals surface area contributed by atoms with E-state index in [0.29, 0.717) is 5.75 Å². The van der Waals surface area contributed by atoms with Crippen LogP contribution in [0.3, 0.4) is 0 Å². The van der Waals surface area contributed by atoms with E-state index in [1.165, 1.54) is 6.42 Å². The molecule has 0 saturated heterocycles. The van der Waals surface area contributed by atoms with Crippen molar-refractivity contribution >= 4 is 12.2 Å². The average molecular weight is 306 g/mol. The molecule has 0 aliphatic rings. The minimum atomic E-state index is -0.953. The highest BCUT2D eigenvalue weighted by Crippen LogP contribution is 2.13. The van der Waals surface area contributed by atoms with Crippen LogP contribution in [0.1, 0.15) is 44.6 Å². The summed E-state index contributed by atoms with van der Waals surface area (Å²) >= 11 is 0. The fourth-order valence-corrected chi connectivity index (χ4v) is 1.78. The lowest BCUT2D eigenvalue weighted by Gasteiger charge is -2.01. The Balaban J connectivity index is 2.22. The number of hydrogen-bond donors (Lipinski definition) is 0. The molecule has 0 aliphatic carbocycles. The van der Waals surface area contributed by atoms with Gasteiger partial charge in [0.1, 0.15) is 5.75 Å². The van der Waals surface area contributed by atoms with Crippen molar-refractivity contribution in [3.8, 4) is 5.75 Å². The average Bonchev–Trinajstić information content (AvgIpc) is 2.49. The smallest absolute Gasteiger partial charge is 0.447 e. The maximum absolute atomic E-state index is 11.4. The molecule has 1 rings (SSSR count). The van der Waals surface area contributed by atoms with Gasteiger partial charge in [0, 0.05) is 0 Å². The minimum Gasteiger partial charge on any atom is -0.447 e. The molecule has 6 nitrogen and oxygen atoms in total. The van der Waals surface area contributed by atoms with Gasteiger partial charge in [-0.2, -0.15) is 0 Å². The predicted molar refractivity (Wildman–Crippen MR) is 82.2 cm³/mol. The molecule has 1 aromatic rings. The van der Waals surface area contributed by atoms with Crippen molar-refractivity contribution in [3.05, 3.63) is 29.8 Å². The van der Waals surface area contributed by atoms with Gasteiger partial charge in [0.05, 0.1) is 6.61 Å². The number of azo groups is 1. The first-order valence-corrected chi connectivity index (χ1v) is 7.48. The SMILES string of the molecule is CCCCCCCOC(=O)N=NC(=O)Oc1cccc(C)c1. The van der Waals surface area contributed by atoms with Gasteiger partial charge in [0.15, 0.2) is 0 Å². The topological polar surface area (TPSA) is 77.3 Å². The number of rotatable bonds is 7. The van der Waals surface area contributed by atoms with Gasteiger partial charge in [-0.15, -0.1) is 0 Å². The van der Waals surface area contributed by atoms with Gasteiger partial charge < -0.3 is 9.47 Å². The maximum atomic E-state index is 11.4. The molecule has 0 unspecified atom stereocenters. The molecule has 2 amide bonds. The number of hydrogen-bond acceptors (Lipinski definition) is 4. The predicted octanol–water partition coefficient (Wildman–Crippen LogP) is 5.05. The summed E-state index contributed by atoms with van der Waals surface area (Å²) in [4.78, 5) is 22.6. The van der Waals surface area contributed by atoms with Gasteiger partial charge in [-0.25, -0.2) is 9.59 Å². The van der Waals surface area contributed by atoms with E-state index in [1.807, 2.05) is 13.0 Å². The zero-order valence-electron chi connectivity index (χ0n) is 13.1. The minimum absolute atomic E-state index is 0.286. The van der Waals surface area contributed by atoms with E-state index < -0.39 is 12.2 Å². The van der Waals surface area contributed by atoms with E-state index in [1.54, 1.807) is 18.2 Å². The molecule has 0 spiro atoms. The Kier molecular flexibility index (Phi) is 8.49. The Bertz CT molecular complexity index is 515. The molecule has 0 atom stereocenters. The van der Waals surface area contributed by atoms with Crippen LogP contribution in [0.25, 0.3) is 0 Å². The number of carbonyl (C=O) groups excluding carboxylic acids is 2. The number of carbonyl (C=O) groups is 2. The van der Waals surface area contributed by atoms with Crippen LogP contribution in [0.4, 0.5) is 9.59 Å². The summed E-state index contributed by atoms with van der Waals surface area (Å²) in [6.45, 7) is 4.29. The van der Waals surface area contributed by atoms with Crippen LogP contribution >= 0.6 is 0 Å². The van der Waals surface area contributed by atoms with E-state index in [-0.39, 0.29) is 6.61 Å². The van der Waals surface area contributed by atoms with E-state index in [0.717, 1.165) is 31.2 Å². The fraction of sp³-hybridized carbons (Fsp3) is 0.500. The van der Waals surface area contributed by atoms with Crippen LogP contribution in [0.2, 0.25) is 0 Å². The van der Waals surface area contributed by atoms with Crippen LogP contribution in [0.15, 0.2) is 34.5 Å². The quantitative estimate of drug-likeness (QED) is 0.521. The van der Waals surface area contributed by atoms with Gasteiger partial charge in [0.25, 0.3) is 0 Å². The van der Waals surface area contributed by atoms with Crippen LogP contribution in [0, 0.1) is 6.92 Å². The van der Waals surface area contributed by atoms with E-state index >= 15 is 0 Å². The van der Waals surface area contributed by atoms with Crippen molar-refractivity contribution in [1.82, 2.24) is 0 Å². The Labute approximate surface area is 130 Å². The summed E-state index contributed by atoms with van der Waals surface area (Å²) < 4.78 is 9.74. The number of aryl methyl sites for hydroxylation is 1. The Hall–Kier alpha value is -2.24. The van der Waals surface area contributed by atoms with Gasteiger partial charge >= 0.3 is 12.2 Å². The zero-order chi connectivity index (χ0) is 16.2. The van der Waals surface area contributed by atoms with Gasteiger partial charge in [0.2, 0.25) is 0 Å². The van der Waals surface area contributed by atoms with Crippen molar-refractivity contribution in [3.63, 3.8) is 0 Å². The largest absolute Gasteiger partial charge is 0.458 e. The third-order valence-corrected chi connectivity index (χ3v) is 2.88. The second kappa shape index (κ2) is 10.5. The van der Waals surface area contributed by atoms with E-state index in [2.05, 4.69) is 17.2 Å². The molecule has 0 aromatic heterocycles. The second-order valence-electron chi connectivity index (χ2n) is 4.91. The van der Waals surface area contributed by atoms with Gasteiger partial charge in [-0.3, -0.25) is 0 Å². The first-order chi connectivity index (χ1) is 10.6. The molecule has 0 bridgehead atoms. The summed E-state index contributed by atoms with van der Waals surface area (Å²) in [7, 11) is 0. The molecule has 6 heteroatoms. The van der Waals surface area contributed by atoms with Gasteiger partial charge in [-0.1, -0.05) is 55.0 Å². The maximum Gasteiger partial charge on any atom is 0.458 e. The van der Waals surface area contributed by atoms with Crippen LogP contribution in [-0.4, -0.2) is 18.8 Å². The summed E-state index contributed by atoms with van der Waals surface area (Å²) in [5.41, 5.74) is 0.949. The Morgan fingerprint density at radius 3 is 2.50 bits per heavy atom. The lowest BCUT2D eigenvalue weighted by atomic mass is 10.2. The summed E-state index contributed by atoms with van der Waals surface area (Å²) in [5.74, 6) is 0.355. The second-order valence-corrected chi connectivity index (χ2v) is 4.91. The molecule has 120 valence electrons. The first-order valence-electron chi connectivity index (χ1n) is 7.48. The van der Waals surface area contributed by atoms with Crippen molar-refractivity contribution in [2.45, 2.75) is 46.0 Å². The highest BCUT2D eigenvalue weighted by atomic mass is 16.6. The monoisotopic (exact) mass is 306 g/mol. The Morgan fingerprint density at radius 2 is 1.77 bits per heavy atom. The molecular weight excluding hydrogens is 284 g/mol. The highest BCUT2D eigenvalue weighted by Gasteiger charge is 2.05. The normalized spacial score (nSPS) is 10.6. The third kappa shape index (κ3) is 8.14. The number of ether oxygens (including phenoxy) is 2. The third-order valence-electron chi connectivity index (χ3n) is 2.88. The van der Waals surface area contributed by atoms with Gasteiger partial charge in [-0.05, 0) is 31.0 Å². The molecule has 0 fully saturated rings. The van der Waals surface area contributed by atoms with Crippen LogP contribution in [0.5, 0.6) is 5.75 Å². The Morgan fingerprint density at radius 1 is 1.05 bits per heavy atom. The van der Waals surface area contributed by atoms with Crippen LogP contribution < -0.4 is 4.74 Å². The zero-order valence-corrected chi connectivity index (χ0v) is 13.1. The van der Waals surface area contributed by atoms with Crippen LogP contribution in [-0.2, 0) is 4.74 Å². The molecule has 0 aliphatic heterocycles. The standard InChI is InChI=1S/C16H22N2O4/c1-3-4-5-6-7-11-21-15(19)17-18-16(20)22-14-10-8-9-13(2)12-14/h8-10,12H,3-7,11H2,1-2H3. The first kappa shape index (κ1) is 17.8. The highest BCUT2D eigenvalue weighted by molar-refractivity contribution is 5.74. The van der Waals surface area contributed by atoms with Crippen molar-refractivity contribution in [2.75, 3.05) is 6.61 Å². The number of benzene rings is 1. The van der Waals surface area contributed by atoms with Crippen molar-refractivity contribution in [2.24, 2.45) is 10.2 Å². The molecule has 1 aromatic carbocycles. The lowest BCUT2D eigenvalue weighted by molar-refractivity contribution is 0.151. The van der Waals surface area contributed by atoms with E-state index in [9.17, 15) is 9.59 Å².